The summed E-state index contributed by atoms with van der Waals surface area (Å²) in [5.74, 6) is -0.557. The Bertz CT molecular complexity index is 796. The second-order valence-electron chi connectivity index (χ2n) is 4.34. The van der Waals surface area contributed by atoms with E-state index in [1.807, 2.05) is 18.2 Å². The van der Waals surface area contributed by atoms with Crippen LogP contribution in [-0.4, -0.2) is 18.8 Å². The Labute approximate surface area is 122 Å². The van der Waals surface area contributed by atoms with Crippen LogP contribution in [0.1, 0.15) is 15.9 Å². The van der Waals surface area contributed by atoms with E-state index >= 15 is 0 Å². The lowest BCUT2D eigenvalue weighted by Gasteiger charge is -2.05. The second-order valence-corrected chi connectivity index (χ2v) is 5.73. The highest BCUT2D eigenvalue weighted by Crippen LogP contribution is 2.20. The normalized spacial score (nSPS) is 11.7. The van der Waals surface area contributed by atoms with Crippen LogP contribution in [0.5, 0.6) is 0 Å². The van der Waals surface area contributed by atoms with Gasteiger partial charge < -0.3 is 5.73 Å². The molecule has 0 spiro atoms. The number of carbonyl (C=O) groups is 1. The van der Waals surface area contributed by atoms with Crippen LogP contribution in [0.25, 0.3) is 6.08 Å². The van der Waals surface area contributed by atoms with E-state index in [1.54, 1.807) is 18.2 Å². The van der Waals surface area contributed by atoms with Gasteiger partial charge in [-0.25, -0.2) is 0 Å². The van der Waals surface area contributed by atoms with E-state index in [4.69, 9.17) is 10.3 Å². The van der Waals surface area contributed by atoms with Crippen molar-refractivity contribution in [2.24, 2.45) is 0 Å². The largest absolute Gasteiger partial charge is 0.399 e. The molecule has 0 saturated carbocycles. The molecule has 0 saturated heterocycles. The molecule has 21 heavy (non-hydrogen) atoms. The molecule has 2 aromatic rings. The summed E-state index contributed by atoms with van der Waals surface area (Å²) < 4.78 is 31.7. The SMILES string of the molecule is Nc1ccc(S(=O)(=O)O)c(C(=O)C=Cc2ccccc2)c1. The van der Waals surface area contributed by atoms with E-state index in [0.29, 0.717) is 0 Å². The van der Waals surface area contributed by atoms with Gasteiger partial charge in [0.1, 0.15) is 4.90 Å². The van der Waals surface area contributed by atoms with E-state index in [2.05, 4.69) is 0 Å². The number of anilines is 1. The second kappa shape index (κ2) is 5.90. The molecule has 0 aliphatic heterocycles. The maximum atomic E-state index is 12.1. The quantitative estimate of drug-likeness (QED) is 0.391. The van der Waals surface area contributed by atoms with Crippen LogP contribution in [0.15, 0.2) is 59.5 Å². The minimum atomic E-state index is -4.49. The lowest BCUT2D eigenvalue weighted by molar-refractivity contribution is 0.104. The van der Waals surface area contributed by atoms with Gasteiger partial charge in [-0.3, -0.25) is 9.35 Å². The Balaban J connectivity index is 2.40. The Morgan fingerprint density at radius 3 is 2.38 bits per heavy atom. The van der Waals surface area contributed by atoms with Crippen molar-refractivity contribution in [1.29, 1.82) is 0 Å². The van der Waals surface area contributed by atoms with Crippen molar-refractivity contribution < 1.29 is 17.8 Å². The Hall–Kier alpha value is -2.44. The molecular weight excluding hydrogens is 290 g/mol. The molecule has 2 aromatic carbocycles. The fourth-order valence-corrected chi connectivity index (χ4v) is 2.47. The maximum absolute atomic E-state index is 12.1. The van der Waals surface area contributed by atoms with Crippen molar-refractivity contribution in [3.05, 3.63) is 65.7 Å². The third-order valence-electron chi connectivity index (χ3n) is 2.77. The summed E-state index contributed by atoms with van der Waals surface area (Å²) in [6.45, 7) is 0. The molecule has 2 rings (SSSR count). The molecule has 0 fully saturated rings. The standard InChI is InChI=1S/C15H13NO4S/c16-12-7-9-15(21(18,19)20)13(10-12)14(17)8-6-11-4-2-1-3-5-11/h1-10H,16H2,(H,18,19,20). The molecular formula is C15H13NO4S. The van der Waals surface area contributed by atoms with Gasteiger partial charge in [-0.1, -0.05) is 36.4 Å². The maximum Gasteiger partial charge on any atom is 0.295 e. The zero-order valence-electron chi connectivity index (χ0n) is 10.9. The monoisotopic (exact) mass is 303 g/mol. The van der Waals surface area contributed by atoms with Crippen molar-refractivity contribution in [3.63, 3.8) is 0 Å². The molecule has 0 heterocycles. The molecule has 108 valence electrons. The first-order valence-electron chi connectivity index (χ1n) is 6.02. The minimum Gasteiger partial charge on any atom is -0.399 e. The summed E-state index contributed by atoms with van der Waals surface area (Å²) in [6.07, 6.45) is 2.79. The summed E-state index contributed by atoms with van der Waals surface area (Å²) in [4.78, 5) is 11.7. The van der Waals surface area contributed by atoms with Gasteiger partial charge in [-0.2, -0.15) is 8.42 Å². The predicted octanol–water partition coefficient (Wildman–Crippen LogP) is 2.41. The van der Waals surface area contributed by atoms with Crippen LogP contribution in [0.2, 0.25) is 0 Å². The molecule has 0 radical (unpaired) electrons. The van der Waals surface area contributed by atoms with Gasteiger partial charge in [0.05, 0.1) is 0 Å². The Kier molecular flexibility index (Phi) is 4.21. The number of benzene rings is 2. The summed E-state index contributed by atoms with van der Waals surface area (Å²) in [5.41, 5.74) is 6.43. The topological polar surface area (TPSA) is 97.5 Å². The van der Waals surface area contributed by atoms with Gasteiger partial charge in [-0.05, 0) is 29.8 Å². The summed E-state index contributed by atoms with van der Waals surface area (Å²) in [7, 11) is -4.49. The number of hydrogen-bond acceptors (Lipinski definition) is 4. The fraction of sp³-hybridized carbons (Fsp3) is 0. The summed E-state index contributed by atoms with van der Waals surface area (Å²) >= 11 is 0. The smallest absolute Gasteiger partial charge is 0.295 e. The van der Waals surface area contributed by atoms with Crippen molar-refractivity contribution in [1.82, 2.24) is 0 Å². The number of ketones is 1. The number of hydrogen-bond donors (Lipinski definition) is 2. The van der Waals surface area contributed by atoms with Crippen molar-refractivity contribution in [3.8, 4) is 0 Å². The van der Waals surface area contributed by atoms with Crippen LogP contribution in [0.3, 0.4) is 0 Å². The summed E-state index contributed by atoms with van der Waals surface area (Å²) in [5, 5.41) is 0. The van der Waals surface area contributed by atoms with Gasteiger partial charge >= 0.3 is 0 Å². The van der Waals surface area contributed by atoms with E-state index in [0.717, 1.165) is 11.6 Å². The molecule has 0 aliphatic rings. The van der Waals surface area contributed by atoms with Gasteiger partial charge in [0, 0.05) is 11.3 Å². The van der Waals surface area contributed by atoms with Crippen molar-refractivity contribution in [2.45, 2.75) is 4.90 Å². The minimum absolute atomic E-state index is 0.162. The van der Waals surface area contributed by atoms with Crippen LogP contribution in [0, 0.1) is 0 Å². The molecule has 5 nitrogen and oxygen atoms in total. The predicted molar refractivity (Wildman–Crippen MR) is 80.5 cm³/mol. The number of rotatable bonds is 4. The van der Waals surface area contributed by atoms with E-state index in [-0.39, 0.29) is 11.3 Å². The average Bonchev–Trinajstić information content (AvgIpc) is 2.44. The van der Waals surface area contributed by atoms with Gasteiger partial charge in [0.15, 0.2) is 5.78 Å². The molecule has 0 unspecified atom stereocenters. The highest BCUT2D eigenvalue weighted by Gasteiger charge is 2.19. The first kappa shape index (κ1) is 15.0. The molecule has 0 amide bonds. The van der Waals surface area contributed by atoms with Gasteiger partial charge in [-0.15, -0.1) is 0 Å². The molecule has 6 heteroatoms. The van der Waals surface area contributed by atoms with Crippen LogP contribution >= 0.6 is 0 Å². The number of allylic oxidation sites excluding steroid dienone is 1. The van der Waals surface area contributed by atoms with Crippen LogP contribution < -0.4 is 5.73 Å². The Morgan fingerprint density at radius 2 is 1.76 bits per heavy atom. The molecule has 3 N–H and O–H groups in total. The first-order valence-corrected chi connectivity index (χ1v) is 7.46. The van der Waals surface area contributed by atoms with E-state index in [1.165, 1.54) is 18.2 Å². The summed E-state index contributed by atoms with van der Waals surface area (Å²) in [6, 6.07) is 12.7. The molecule has 0 aromatic heterocycles. The number of nitrogen functional groups attached to an aromatic ring is 1. The Morgan fingerprint density at radius 1 is 1.10 bits per heavy atom. The highest BCUT2D eigenvalue weighted by molar-refractivity contribution is 7.86. The number of carbonyl (C=O) groups excluding carboxylic acids is 1. The lowest BCUT2D eigenvalue weighted by atomic mass is 10.1. The molecule has 0 bridgehead atoms. The first-order chi connectivity index (χ1) is 9.88. The molecule has 0 aliphatic carbocycles. The zero-order valence-corrected chi connectivity index (χ0v) is 11.7. The average molecular weight is 303 g/mol. The van der Waals surface area contributed by atoms with E-state index < -0.39 is 20.8 Å². The third kappa shape index (κ3) is 3.77. The van der Waals surface area contributed by atoms with Gasteiger partial charge in [0.25, 0.3) is 10.1 Å². The third-order valence-corrected chi connectivity index (χ3v) is 3.69. The lowest BCUT2D eigenvalue weighted by Crippen LogP contribution is -2.08. The van der Waals surface area contributed by atoms with Crippen molar-refractivity contribution in [2.75, 3.05) is 5.73 Å². The highest BCUT2D eigenvalue weighted by atomic mass is 32.2. The van der Waals surface area contributed by atoms with Gasteiger partial charge in [0.2, 0.25) is 0 Å². The molecule has 0 atom stereocenters. The fourth-order valence-electron chi connectivity index (χ4n) is 1.79. The van der Waals surface area contributed by atoms with E-state index in [9.17, 15) is 13.2 Å². The van der Waals surface area contributed by atoms with Crippen LogP contribution in [0.4, 0.5) is 5.69 Å². The van der Waals surface area contributed by atoms with Crippen LogP contribution in [-0.2, 0) is 10.1 Å². The number of nitrogens with two attached hydrogens (primary N) is 1. The zero-order chi connectivity index (χ0) is 15.5. The van der Waals surface area contributed by atoms with Crippen molar-refractivity contribution >= 4 is 27.7 Å².